The van der Waals surface area contributed by atoms with Crippen LogP contribution in [0.5, 0.6) is 5.75 Å². The fraction of sp³-hybridized carbons (Fsp3) is 0.571. The zero-order chi connectivity index (χ0) is 13.8. The number of aryl methyl sites for hydroxylation is 1. The highest BCUT2D eigenvalue weighted by atomic mass is 35.5. The minimum Gasteiger partial charge on any atom is -0.507 e. The van der Waals surface area contributed by atoms with E-state index in [1.807, 2.05) is 0 Å². The van der Waals surface area contributed by atoms with Crippen LogP contribution in [-0.2, 0) is 0 Å². The first-order valence-corrected chi connectivity index (χ1v) is 6.68. The number of halogens is 2. The Morgan fingerprint density at radius 2 is 2.00 bits per heavy atom. The van der Waals surface area contributed by atoms with E-state index in [1.165, 1.54) is 12.1 Å². The van der Waals surface area contributed by atoms with E-state index in [0.717, 1.165) is 26.2 Å². The average molecular weight is 305 g/mol. The summed E-state index contributed by atoms with van der Waals surface area (Å²) < 4.78 is 13.6. The topological polar surface area (TPSA) is 55.7 Å². The number of nitrogens with zero attached hydrogens (tertiary/aromatic N) is 1. The highest BCUT2D eigenvalue weighted by Crippen LogP contribution is 2.34. The van der Waals surface area contributed by atoms with Gasteiger partial charge in [0.1, 0.15) is 11.6 Å². The monoisotopic (exact) mass is 304 g/mol. The number of benzene rings is 1. The molecule has 1 aliphatic rings. The van der Waals surface area contributed by atoms with E-state index in [2.05, 4.69) is 10.2 Å². The van der Waals surface area contributed by atoms with Crippen LogP contribution >= 0.6 is 12.4 Å². The largest absolute Gasteiger partial charge is 0.507 e. The summed E-state index contributed by atoms with van der Waals surface area (Å²) in [5.41, 5.74) is 1.11. The fourth-order valence-corrected chi connectivity index (χ4v) is 2.67. The molecule has 4 nitrogen and oxygen atoms in total. The van der Waals surface area contributed by atoms with Crippen LogP contribution in [0, 0.1) is 12.7 Å². The lowest BCUT2D eigenvalue weighted by atomic mass is 9.98. The first kappa shape index (κ1) is 17.2. The van der Waals surface area contributed by atoms with E-state index in [4.69, 9.17) is 0 Å². The molecule has 1 fully saturated rings. The number of aromatic hydroxyl groups is 1. The summed E-state index contributed by atoms with van der Waals surface area (Å²) in [6.45, 7) is 5.12. The van der Waals surface area contributed by atoms with Crippen LogP contribution in [0.25, 0.3) is 0 Å². The van der Waals surface area contributed by atoms with E-state index in [0.29, 0.717) is 17.5 Å². The first-order valence-electron chi connectivity index (χ1n) is 6.68. The molecule has 0 spiro atoms. The molecule has 2 rings (SSSR count). The Labute approximate surface area is 125 Å². The highest BCUT2D eigenvalue weighted by molar-refractivity contribution is 5.85. The molecule has 1 aliphatic heterocycles. The van der Waals surface area contributed by atoms with Crippen LogP contribution in [-0.4, -0.2) is 47.9 Å². The number of aliphatic hydroxyl groups excluding tert-OH is 1. The van der Waals surface area contributed by atoms with Crippen molar-refractivity contribution < 1.29 is 14.6 Å². The van der Waals surface area contributed by atoms with Gasteiger partial charge in [-0.1, -0.05) is 0 Å². The van der Waals surface area contributed by atoms with Gasteiger partial charge in [0.15, 0.2) is 0 Å². The Kier molecular flexibility index (Phi) is 6.68. The second-order valence-electron chi connectivity index (χ2n) is 4.97. The number of nitrogens with one attached hydrogen (secondary N) is 1. The zero-order valence-electron chi connectivity index (χ0n) is 11.6. The molecule has 0 radical (unpaired) electrons. The fourth-order valence-electron chi connectivity index (χ4n) is 2.67. The number of phenolic OH excluding ortho intramolecular Hbond substituents is 1. The van der Waals surface area contributed by atoms with Gasteiger partial charge in [-0.3, -0.25) is 4.90 Å². The van der Waals surface area contributed by atoms with E-state index >= 15 is 0 Å². The standard InChI is InChI=1S/C14H21FN2O2.ClH/c1-10-8-11(15)9-12(14(10)19)13(2-7-18)17-5-3-16-4-6-17;/h8-9,13,16,18-19H,2-7H2,1H3;1H/t13-;/m1./s1. The maximum atomic E-state index is 13.6. The third-order valence-corrected chi connectivity index (χ3v) is 3.65. The van der Waals surface area contributed by atoms with Gasteiger partial charge in [0, 0.05) is 44.4 Å². The molecule has 1 atom stereocenters. The van der Waals surface area contributed by atoms with Gasteiger partial charge in [0.25, 0.3) is 0 Å². The molecule has 0 saturated carbocycles. The molecular weight excluding hydrogens is 283 g/mol. The normalized spacial score (nSPS) is 17.6. The predicted octanol–water partition coefficient (Wildman–Crippen LogP) is 1.59. The Balaban J connectivity index is 0.00000200. The Morgan fingerprint density at radius 3 is 2.60 bits per heavy atom. The van der Waals surface area contributed by atoms with Crippen molar-refractivity contribution in [3.63, 3.8) is 0 Å². The number of phenols is 1. The summed E-state index contributed by atoms with van der Waals surface area (Å²) in [6, 6.07) is 2.57. The van der Waals surface area contributed by atoms with Gasteiger partial charge in [-0.15, -0.1) is 12.4 Å². The lowest BCUT2D eigenvalue weighted by Crippen LogP contribution is -2.45. The summed E-state index contributed by atoms with van der Waals surface area (Å²) >= 11 is 0. The molecule has 20 heavy (non-hydrogen) atoms. The summed E-state index contributed by atoms with van der Waals surface area (Å²) in [5.74, 6) is -0.207. The van der Waals surface area contributed by atoms with Crippen molar-refractivity contribution in [1.82, 2.24) is 10.2 Å². The molecule has 1 aromatic rings. The van der Waals surface area contributed by atoms with E-state index in [1.54, 1.807) is 6.92 Å². The lowest BCUT2D eigenvalue weighted by Gasteiger charge is -2.35. The second kappa shape index (κ2) is 7.78. The van der Waals surface area contributed by atoms with E-state index < -0.39 is 0 Å². The molecule has 0 bridgehead atoms. The maximum Gasteiger partial charge on any atom is 0.124 e. The predicted molar refractivity (Wildman–Crippen MR) is 78.9 cm³/mol. The van der Waals surface area contributed by atoms with Gasteiger partial charge in [-0.2, -0.15) is 0 Å². The summed E-state index contributed by atoms with van der Waals surface area (Å²) in [6.07, 6.45) is 0.496. The summed E-state index contributed by atoms with van der Waals surface area (Å²) in [5, 5.41) is 22.7. The van der Waals surface area contributed by atoms with Crippen LogP contribution in [0.1, 0.15) is 23.6 Å². The Morgan fingerprint density at radius 1 is 1.35 bits per heavy atom. The van der Waals surface area contributed by atoms with Crippen molar-refractivity contribution in [2.24, 2.45) is 0 Å². The number of rotatable bonds is 4. The quantitative estimate of drug-likeness (QED) is 0.791. The molecule has 0 amide bonds. The number of piperazine rings is 1. The van der Waals surface area contributed by atoms with Crippen molar-refractivity contribution in [2.75, 3.05) is 32.8 Å². The average Bonchev–Trinajstić information content (AvgIpc) is 2.41. The van der Waals surface area contributed by atoms with Crippen molar-refractivity contribution in [3.8, 4) is 5.75 Å². The molecule has 0 aliphatic carbocycles. The molecule has 114 valence electrons. The van der Waals surface area contributed by atoms with Gasteiger partial charge in [0.05, 0.1) is 0 Å². The van der Waals surface area contributed by atoms with Gasteiger partial charge in [-0.25, -0.2) is 4.39 Å². The molecule has 3 N–H and O–H groups in total. The van der Waals surface area contributed by atoms with Gasteiger partial charge in [0.2, 0.25) is 0 Å². The van der Waals surface area contributed by atoms with Crippen molar-refractivity contribution in [1.29, 1.82) is 0 Å². The van der Waals surface area contributed by atoms with Crippen LogP contribution in [0.2, 0.25) is 0 Å². The SMILES string of the molecule is Cc1cc(F)cc([C@@H](CCO)N2CCNCC2)c1O.Cl. The zero-order valence-corrected chi connectivity index (χ0v) is 12.4. The third-order valence-electron chi connectivity index (χ3n) is 3.65. The van der Waals surface area contributed by atoms with Gasteiger partial charge < -0.3 is 15.5 Å². The maximum absolute atomic E-state index is 13.6. The van der Waals surface area contributed by atoms with Crippen LogP contribution in [0.15, 0.2) is 12.1 Å². The van der Waals surface area contributed by atoms with Crippen molar-refractivity contribution in [3.05, 3.63) is 29.1 Å². The summed E-state index contributed by atoms with van der Waals surface area (Å²) in [7, 11) is 0. The molecule has 0 unspecified atom stereocenters. The number of hydrogen-bond donors (Lipinski definition) is 3. The number of aliphatic hydroxyl groups is 1. The highest BCUT2D eigenvalue weighted by Gasteiger charge is 2.25. The minimum atomic E-state index is -0.344. The molecular formula is C14H22ClFN2O2. The third kappa shape index (κ3) is 3.82. The molecule has 1 aromatic carbocycles. The number of hydrogen-bond acceptors (Lipinski definition) is 4. The smallest absolute Gasteiger partial charge is 0.124 e. The van der Waals surface area contributed by atoms with Crippen LogP contribution in [0.3, 0.4) is 0 Å². The molecule has 1 heterocycles. The minimum absolute atomic E-state index is 0. The van der Waals surface area contributed by atoms with E-state index in [9.17, 15) is 14.6 Å². The van der Waals surface area contributed by atoms with E-state index in [-0.39, 0.29) is 36.6 Å². The van der Waals surface area contributed by atoms with Crippen molar-refractivity contribution >= 4 is 12.4 Å². The van der Waals surface area contributed by atoms with Crippen LogP contribution < -0.4 is 5.32 Å². The lowest BCUT2D eigenvalue weighted by molar-refractivity contribution is 0.139. The Hall–Kier alpha value is -0.880. The summed E-state index contributed by atoms with van der Waals surface area (Å²) in [4.78, 5) is 2.18. The van der Waals surface area contributed by atoms with Gasteiger partial charge in [-0.05, 0) is 31.0 Å². The molecule has 1 saturated heterocycles. The Bertz CT molecular complexity index is 439. The van der Waals surface area contributed by atoms with Crippen LogP contribution in [0.4, 0.5) is 4.39 Å². The van der Waals surface area contributed by atoms with Crippen molar-refractivity contribution in [2.45, 2.75) is 19.4 Å². The first-order chi connectivity index (χ1) is 9.13. The molecule has 0 aromatic heterocycles. The second-order valence-corrected chi connectivity index (χ2v) is 4.97. The molecule has 6 heteroatoms. The van der Waals surface area contributed by atoms with Gasteiger partial charge >= 0.3 is 0 Å².